The largest absolute Gasteiger partial charge is 0.393 e. The maximum atomic E-state index is 11.2. The molecule has 4 rings (SSSR count). The van der Waals surface area contributed by atoms with Gasteiger partial charge in [0.05, 0.1) is 42.7 Å². The summed E-state index contributed by atoms with van der Waals surface area (Å²) >= 11 is 0. The first-order valence-electron chi connectivity index (χ1n) is 20.0. The third kappa shape index (κ3) is 11.9. The quantitative estimate of drug-likeness (QED) is 0.103. The molecule has 4 aliphatic heterocycles. The Morgan fingerprint density at radius 1 is 0.941 bits per heavy atom. The molecule has 6 N–H and O–H groups in total. The molecule has 0 amide bonds. The van der Waals surface area contributed by atoms with Gasteiger partial charge in [-0.3, -0.25) is 0 Å². The van der Waals surface area contributed by atoms with Gasteiger partial charge in [0, 0.05) is 12.5 Å². The molecule has 0 aromatic rings. The maximum absolute atomic E-state index is 11.2. The fraction of sp³-hybridized carbons (Fsp3) is 0.854. The van der Waals surface area contributed by atoms with E-state index in [1.54, 1.807) is 12.2 Å². The average molecular weight is 723 g/mol. The molecule has 0 aromatic carbocycles. The van der Waals surface area contributed by atoms with Crippen LogP contribution in [0, 0.1) is 17.8 Å². The molecule has 0 saturated carbocycles. The Bertz CT molecular complexity index is 1120. The molecule has 0 radical (unpaired) electrons. The van der Waals surface area contributed by atoms with Crippen LogP contribution in [-0.2, 0) is 18.9 Å². The highest BCUT2D eigenvalue weighted by Gasteiger charge is 2.47. The van der Waals surface area contributed by atoms with Gasteiger partial charge in [-0.25, -0.2) is 0 Å². The van der Waals surface area contributed by atoms with Crippen molar-refractivity contribution < 1.29 is 49.6 Å². The van der Waals surface area contributed by atoms with Crippen LogP contribution in [0.2, 0.25) is 0 Å². The summed E-state index contributed by atoms with van der Waals surface area (Å²) in [7, 11) is 0. The first-order valence-corrected chi connectivity index (χ1v) is 20.0. The highest BCUT2D eigenvalue weighted by atomic mass is 16.6. The minimum atomic E-state index is -1.71. The number of ether oxygens (including phenoxy) is 4. The van der Waals surface area contributed by atoms with Crippen LogP contribution in [0.25, 0.3) is 0 Å². The molecule has 0 aliphatic carbocycles. The summed E-state index contributed by atoms with van der Waals surface area (Å²) in [5.41, 5.74) is 1.36. The molecule has 15 atom stereocenters. The van der Waals surface area contributed by atoms with Crippen LogP contribution in [0.3, 0.4) is 0 Å². The summed E-state index contributed by atoms with van der Waals surface area (Å²) < 4.78 is 24.5. The lowest BCUT2D eigenvalue weighted by molar-refractivity contribution is -0.258. The normalized spacial score (nSPS) is 36.1. The monoisotopic (exact) mass is 722 g/mol. The van der Waals surface area contributed by atoms with Gasteiger partial charge in [-0.1, -0.05) is 64.8 Å². The molecular weight excluding hydrogens is 652 g/mol. The van der Waals surface area contributed by atoms with Gasteiger partial charge in [0.1, 0.15) is 24.4 Å². The predicted octanol–water partition coefficient (Wildman–Crippen LogP) is 5.26. The molecule has 4 aliphatic rings. The van der Waals surface area contributed by atoms with Gasteiger partial charge in [0.25, 0.3) is 0 Å². The molecule has 10 nitrogen and oxygen atoms in total. The van der Waals surface area contributed by atoms with Crippen LogP contribution in [0.1, 0.15) is 125 Å². The molecule has 3 unspecified atom stereocenters. The summed E-state index contributed by atoms with van der Waals surface area (Å²) in [5, 5.41) is 65.9. The number of aliphatic hydroxyl groups is 6. The minimum Gasteiger partial charge on any atom is -0.393 e. The summed E-state index contributed by atoms with van der Waals surface area (Å²) in [6.07, 6.45) is 9.98. The summed E-state index contributed by atoms with van der Waals surface area (Å²) in [6.45, 7) is 14.9. The van der Waals surface area contributed by atoms with Crippen LogP contribution in [0.4, 0.5) is 0 Å². The van der Waals surface area contributed by atoms with Gasteiger partial charge in [0.2, 0.25) is 5.79 Å². The first-order chi connectivity index (χ1) is 24.2. The summed E-state index contributed by atoms with van der Waals surface area (Å²) in [4.78, 5) is 0. The van der Waals surface area contributed by atoms with Crippen LogP contribution >= 0.6 is 0 Å². The van der Waals surface area contributed by atoms with E-state index in [1.807, 2.05) is 33.8 Å². The Morgan fingerprint density at radius 3 is 2.39 bits per heavy atom. The number of fused-ring (bicyclic) bond motifs is 1. The van der Waals surface area contributed by atoms with Gasteiger partial charge in [-0.15, -0.1) is 0 Å². The smallest absolute Gasteiger partial charge is 0.212 e. The summed E-state index contributed by atoms with van der Waals surface area (Å²) in [5.74, 6) is -1.89. The Labute approximate surface area is 306 Å². The molecular formula is C41H70O10. The number of unbranched alkanes of at least 4 members (excludes halogenated alkanes) is 1. The van der Waals surface area contributed by atoms with Gasteiger partial charge in [-0.05, 0) is 107 Å². The third-order valence-electron chi connectivity index (χ3n) is 11.8. The van der Waals surface area contributed by atoms with Crippen LogP contribution in [-0.4, -0.2) is 110 Å². The van der Waals surface area contributed by atoms with Gasteiger partial charge in [-0.2, -0.15) is 0 Å². The van der Waals surface area contributed by atoms with E-state index in [-0.39, 0.29) is 42.2 Å². The van der Waals surface area contributed by atoms with Gasteiger partial charge in [0.15, 0.2) is 0 Å². The van der Waals surface area contributed by atoms with Crippen molar-refractivity contribution in [3.05, 3.63) is 36.0 Å². The van der Waals surface area contributed by atoms with Crippen molar-refractivity contribution >= 4 is 0 Å². The van der Waals surface area contributed by atoms with Crippen molar-refractivity contribution in [2.24, 2.45) is 17.8 Å². The van der Waals surface area contributed by atoms with Crippen LogP contribution < -0.4 is 0 Å². The lowest BCUT2D eigenvalue weighted by Gasteiger charge is -2.47. The molecule has 3 fully saturated rings. The van der Waals surface area contributed by atoms with Crippen molar-refractivity contribution in [3.63, 3.8) is 0 Å². The highest BCUT2D eigenvalue weighted by Crippen LogP contribution is 2.38. The average Bonchev–Trinajstić information content (AvgIpc) is 3.11. The zero-order chi connectivity index (χ0) is 37.3. The van der Waals surface area contributed by atoms with E-state index in [1.165, 1.54) is 6.42 Å². The zero-order valence-corrected chi connectivity index (χ0v) is 31.9. The molecule has 0 aromatic heterocycles. The number of hydrogen-bond acceptors (Lipinski definition) is 10. The molecule has 4 heterocycles. The van der Waals surface area contributed by atoms with Gasteiger partial charge >= 0.3 is 0 Å². The highest BCUT2D eigenvalue weighted by molar-refractivity contribution is 5.19. The molecule has 51 heavy (non-hydrogen) atoms. The fourth-order valence-corrected chi connectivity index (χ4v) is 8.38. The summed E-state index contributed by atoms with van der Waals surface area (Å²) in [6, 6.07) is 0. The second-order valence-corrected chi connectivity index (χ2v) is 16.4. The second kappa shape index (κ2) is 19.9. The Balaban J connectivity index is 1.20. The molecule has 3 saturated heterocycles. The Hall–Kier alpha value is -1.18. The van der Waals surface area contributed by atoms with E-state index < -0.39 is 48.5 Å². The predicted molar refractivity (Wildman–Crippen MR) is 197 cm³/mol. The van der Waals surface area contributed by atoms with E-state index in [9.17, 15) is 30.6 Å². The fourth-order valence-electron chi connectivity index (χ4n) is 8.38. The number of rotatable bonds is 18. The SMILES string of the molecule is C=C1[C@@H](O)[C@@H]2OC(CC[C@@H](O)/C=C/[C@@H](C)[C@@H]3CC(C)=C[C@](O)([C@H](O)CCCC)O3)CC[C@H]2O[C@@H]1[C@@H](O)C[C@H](C)C(O)[C@H](C)CCC1CCCCO1. The van der Waals surface area contributed by atoms with Crippen LogP contribution in [0.5, 0.6) is 0 Å². The van der Waals surface area contributed by atoms with E-state index in [2.05, 4.69) is 13.5 Å². The van der Waals surface area contributed by atoms with Crippen molar-refractivity contribution in [1.82, 2.24) is 0 Å². The van der Waals surface area contributed by atoms with E-state index in [0.717, 1.165) is 50.7 Å². The molecule has 0 spiro atoms. The van der Waals surface area contributed by atoms with Gasteiger partial charge < -0.3 is 49.6 Å². The standard InChI is InChI=1S/C41H70O10/c1-7-8-12-36(44)41(47)24-25(2)22-35(51-41)26(3)13-15-30(42)16-18-32-19-20-34-40(49-32)38(46)29(6)39(50-34)33(43)23-28(5)37(45)27(4)14-17-31-11-9-10-21-48-31/h13,15,24,26-28,30-40,42-47H,6-12,14,16-23H2,1-5H3/b15-13+/t26-,27-,28+,30+,31?,32?,33+,34-,35+,36-,37?,38-,39+,40-,41-/m1/s1. The lowest BCUT2D eigenvalue weighted by Crippen LogP contribution is -2.57. The van der Waals surface area contributed by atoms with Crippen molar-refractivity contribution in [2.45, 2.75) is 197 Å². The second-order valence-electron chi connectivity index (χ2n) is 16.4. The number of aliphatic hydroxyl groups excluding tert-OH is 5. The maximum Gasteiger partial charge on any atom is 0.212 e. The third-order valence-corrected chi connectivity index (χ3v) is 11.8. The Kier molecular flexibility index (Phi) is 16.6. The van der Waals surface area contributed by atoms with Crippen molar-refractivity contribution in [3.8, 4) is 0 Å². The Morgan fingerprint density at radius 2 is 1.69 bits per heavy atom. The van der Waals surface area contributed by atoms with E-state index >= 15 is 0 Å². The lowest BCUT2D eigenvalue weighted by atomic mass is 9.82. The van der Waals surface area contributed by atoms with E-state index in [4.69, 9.17) is 18.9 Å². The van der Waals surface area contributed by atoms with Crippen molar-refractivity contribution in [2.75, 3.05) is 6.61 Å². The van der Waals surface area contributed by atoms with Crippen LogP contribution in [0.15, 0.2) is 36.0 Å². The van der Waals surface area contributed by atoms with Crippen molar-refractivity contribution in [1.29, 1.82) is 0 Å². The first kappa shape index (κ1) is 42.6. The van der Waals surface area contributed by atoms with E-state index in [0.29, 0.717) is 50.5 Å². The minimum absolute atomic E-state index is 0.0773. The molecule has 294 valence electrons. The molecule has 10 heteroatoms. The zero-order valence-electron chi connectivity index (χ0n) is 31.9. The number of hydrogen-bond donors (Lipinski definition) is 6. The topological polar surface area (TPSA) is 158 Å². The molecule has 0 bridgehead atoms.